The van der Waals surface area contributed by atoms with Crippen LogP contribution in [0.1, 0.15) is 23.3 Å². The van der Waals surface area contributed by atoms with Crippen molar-refractivity contribution in [3.63, 3.8) is 0 Å². The van der Waals surface area contributed by atoms with Crippen molar-refractivity contribution < 1.29 is 4.79 Å². The molecule has 0 aliphatic carbocycles. The molecule has 1 aromatic carbocycles. The molecule has 0 aliphatic heterocycles. The summed E-state index contributed by atoms with van der Waals surface area (Å²) in [5, 5.41) is -0.495. The summed E-state index contributed by atoms with van der Waals surface area (Å²) in [6.07, 6.45) is 0.987. The highest BCUT2D eigenvalue weighted by molar-refractivity contribution is 7.81. The minimum Gasteiger partial charge on any atom is -0.293 e. The highest BCUT2D eigenvalue weighted by Gasteiger charge is 2.14. The fourth-order valence-electron chi connectivity index (χ4n) is 1.17. The molecule has 1 unspecified atom stereocenters. The molecule has 1 amide bonds. The molecule has 0 saturated carbocycles. The minimum absolute atomic E-state index is 0.294. The second kappa shape index (κ2) is 5.02. The zero-order chi connectivity index (χ0) is 10.6. The van der Waals surface area contributed by atoms with Crippen LogP contribution in [0.4, 0.5) is 0 Å². The molecule has 0 aliphatic rings. The van der Waals surface area contributed by atoms with Crippen molar-refractivity contribution in [3.8, 4) is 0 Å². The first-order valence-corrected chi connectivity index (χ1v) is 4.98. The Labute approximate surface area is 89.1 Å². The Bertz CT molecular complexity index is 310. The van der Waals surface area contributed by atoms with Gasteiger partial charge in [-0.15, -0.1) is 0 Å². The molecule has 4 heteroatoms. The average molecular weight is 210 g/mol. The second-order valence-corrected chi connectivity index (χ2v) is 3.52. The van der Waals surface area contributed by atoms with E-state index in [1.165, 1.54) is 5.56 Å². The van der Waals surface area contributed by atoms with Gasteiger partial charge in [0.15, 0.2) is 0 Å². The van der Waals surface area contributed by atoms with Crippen LogP contribution in [-0.2, 0) is 11.2 Å². The fourth-order valence-corrected chi connectivity index (χ4v) is 1.41. The molecule has 14 heavy (non-hydrogen) atoms. The molecule has 3 nitrogen and oxygen atoms in total. The van der Waals surface area contributed by atoms with Crippen LogP contribution < -0.4 is 11.3 Å². The van der Waals surface area contributed by atoms with Crippen molar-refractivity contribution in [3.05, 3.63) is 35.4 Å². The number of hydrazine groups is 1. The number of carbonyl (C=O) groups is 1. The van der Waals surface area contributed by atoms with E-state index < -0.39 is 5.25 Å². The topological polar surface area (TPSA) is 55.1 Å². The zero-order valence-corrected chi connectivity index (χ0v) is 8.92. The van der Waals surface area contributed by atoms with E-state index in [4.69, 9.17) is 5.84 Å². The molecule has 76 valence electrons. The van der Waals surface area contributed by atoms with Crippen molar-refractivity contribution in [2.45, 2.75) is 18.6 Å². The monoisotopic (exact) mass is 210 g/mol. The number of benzene rings is 1. The average Bonchev–Trinajstić information content (AvgIpc) is 2.27. The number of rotatable bonds is 3. The lowest BCUT2D eigenvalue weighted by Crippen LogP contribution is -2.32. The Kier molecular flexibility index (Phi) is 3.98. The number of amides is 1. The standard InChI is InChI=1S/C10H14N2OS/c1-2-7-3-5-8(6-4-7)9(14)10(13)12-11/h3-6,9,14H,2,11H2,1H3,(H,12,13). The smallest absolute Gasteiger partial charge is 0.251 e. The summed E-state index contributed by atoms with van der Waals surface area (Å²) in [6, 6.07) is 7.77. The predicted molar refractivity (Wildman–Crippen MR) is 59.9 cm³/mol. The molecular formula is C10H14N2OS. The van der Waals surface area contributed by atoms with Crippen LogP contribution in [0.25, 0.3) is 0 Å². The molecule has 0 radical (unpaired) electrons. The molecule has 0 aromatic heterocycles. The fraction of sp³-hybridized carbons (Fsp3) is 0.300. The van der Waals surface area contributed by atoms with Gasteiger partial charge in [0.2, 0.25) is 0 Å². The SMILES string of the molecule is CCc1ccc(C(S)C(=O)NN)cc1. The third-order valence-electron chi connectivity index (χ3n) is 2.09. The Morgan fingerprint density at radius 2 is 2.07 bits per heavy atom. The number of carbonyl (C=O) groups excluding carboxylic acids is 1. The normalized spacial score (nSPS) is 12.2. The third-order valence-corrected chi connectivity index (χ3v) is 2.63. The summed E-state index contributed by atoms with van der Waals surface area (Å²) in [5.74, 6) is 4.72. The van der Waals surface area contributed by atoms with Gasteiger partial charge in [-0.05, 0) is 17.5 Å². The van der Waals surface area contributed by atoms with E-state index in [-0.39, 0.29) is 5.91 Å². The number of nitrogens with two attached hydrogens (primary N) is 1. The summed E-state index contributed by atoms with van der Waals surface area (Å²) >= 11 is 4.17. The van der Waals surface area contributed by atoms with E-state index in [1.807, 2.05) is 24.3 Å². The van der Waals surface area contributed by atoms with Crippen LogP contribution in [0.3, 0.4) is 0 Å². The molecule has 1 aromatic rings. The van der Waals surface area contributed by atoms with Crippen LogP contribution >= 0.6 is 12.6 Å². The number of hydrogen-bond donors (Lipinski definition) is 3. The summed E-state index contributed by atoms with van der Waals surface area (Å²) in [5.41, 5.74) is 4.17. The molecule has 1 rings (SSSR count). The lowest BCUT2D eigenvalue weighted by molar-refractivity contribution is -0.120. The van der Waals surface area contributed by atoms with Gasteiger partial charge in [0.1, 0.15) is 5.25 Å². The molecule has 0 bridgehead atoms. The predicted octanol–water partition coefficient (Wildman–Crippen LogP) is 1.21. The quantitative estimate of drug-likeness (QED) is 0.304. The zero-order valence-electron chi connectivity index (χ0n) is 8.03. The lowest BCUT2D eigenvalue weighted by atomic mass is 10.1. The van der Waals surface area contributed by atoms with E-state index in [9.17, 15) is 4.79 Å². The number of aryl methyl sites for hydroxylation is 1. The van der Waals surface area contributed by atoms with E-state index in [2.05, 4.69) is 25.0 Å². The number of hydrogen-bond acceptors (Lipinski definition) is 3. The van der Waals surface area contributed by atoms with E-state index >= 15 is 0 Å². The van der Waals surface area contributed by atoms with Gasteiger partial charge in [-0.1, -0.05) is 31.2 Å². The molecule has 1 atom stereocenters. The number of nitrogens with one attached hydrogen (secondary N) is 1. The summed E-state index contributed by atoms with van der Waals surface area (Å²) < 4.78 is 0. The third kappa shape index (κ3) is 2.49. The molecule has 0 saturated heterocycles. The second-order valence-electron chi connectivity index (χ2n) is 3.01. The van der Waals surface area contributed by atoms with Crippen molar-refractivity contribution in [2.24, 2.45) is 5.84 Å². The van der Waals surface area contributed by atoms with Gasteiger partial charge in [-0.25, -0.2) is 5.84 Å². The highest BCUT2D eigenvalue weighted by atomic mass is 32.1. The Hall–Kier alpha value is -1.00. The first-order valence-electron chi connectivity index (χ1n) is 4.46. The van der Waals surface area contributed by atoms with E-state index in [1.54, 1.807) is 0 Å². The van der Waals surface area contributed by atoms with Crippen LogP contribution in [0, 0.1) is 0 Å². The molecule has 0 heterocycles. The molecule has 0 fully saturated rings. The van der Waals surface area contributed by atoms with E-state index in [0.717, 1.165) is 12.0 Å². The van der Waals surface area contributed by atoms with Gasteiger partial charge in [0.25, 0.3) is 5.91 Å². The summed E-state index contributed by atoms with van der Waals surface area (Å²) in [6.45, 7) is 2.08. The molecule has 3 N–H and O–H groups in total. The Morgan fingerprint density at radius 1 is 1.50 bits per heavy atom. The van der Waals surface area contributed by atoms with Gasteiger partial charge in [0.05, 0.1) is 0 Å². The van der Waals surface area contributed by atoms with Crippen LogP contribution in [0.15, 0.2) is 24.3 Å². The first kappa shape index (κ1) is 11.1. The van der Waals surface area contributed by atoms with Gasteiger partial charge in [-0.3, -0.25) is 10.2 Å². The maximum absolute atomic E-state index is 11.2. The van der Waals surface area contributed by atoms with Crippen LogP contribution in [0.5, 0.6) is 0 Å². The Morgan fingerprint density at radius 3 is 2.50 bits per heavy atom. The number of thiol groups is 1. The Balaban J connectivity index is 2.81. The minimum atomic E-state index is -0.495. The van der Waals surface area contributed by atoms with Crippen LogP contribution in [-0.4, -0.2) is 5.91 Å². The molecule has 0 spiro atoms. The van der Waals surface area contributed by atoms with Gasteiger partial charge in [0, 0.05) is 0 Å². The van der Waals surface area contributed by atoms with Crippen molar-refractivity contribution in [1.82, 2.24) is 5.43 Å². The maximum Gasteiger partial charge on any atom is 0.251 e. The lowest BCUT2D eigenvalue weighted by Gasteiger charge is -2.09. The summed E-state index contributed by atoms with van der Waals surface area (Å²) in [7, 11) is 0. The first-order chi connectivity index (χ1) is 6.69. The largest absolute Gasteiger partial charge is 0.293 e. The van der Waals surface area contributed by atoms with Crippen molar-refractivity contribution in [1.29, 1.82) is 0 Å². The van der Waals surface area contributed by atoms with Gasteiger partial charge in [-0.2, -0.15) is 12.6 Å². The maximum atomic E-state index is 11.2. The van der Waals surface area contributed by atoms with Gasteiger partial charge < -0.3 is 0 Å². The van der Waals surface area contributed by atoms with Crippen LogP contribution in [0.2, 0.25) is 0 Å². The molecular weight excluding hydrogens is 196 g/mol. The van der Waals surface area contributed by atoms with Gasteiger partial charge >= 0.3 is 0 Å². The van der Waals surface area contributed by atoms with Crippen molar-refractivity contribution in [2.75, 3.05) is 0 Å². The summed E-state index contributed by atoms with van der Waals surface area (Å²) in [4.78, 5) is 11.2. The van der Waals surface area contributed by atoms with E-state index in [0.29, 0.717) is 0 Å². The highest BCUT2D eigenvalue weighted by Crippen LogP contribution is 2.20. The van der Waals surface area contributed by atoms with Crippen molar-refractivity contribution >= 4 is 18.5 Å².